The summed E-state index contributed by atoms with van der Waals surface area (Å²) in [5.74, 6) is 1.05. The molecule has 1 fully saturated rings. The Bertz CT molecular complexity index is 1070. The molecule has 4 N–H and O–H groups in total. The first-order valence-corrected chi connectivity index (χ1v) is 10.6. The van der Waals surface area contributed by atoms with Crippen molar-refractivity contribution in [3.63, 3.8) is 0 Å². The van der Waals surface area contributed by atoms with Gasteiger partial charge in [-0.2, -0.15) is 4.98 Å². The summed E-state index contributed by atoms with van der Waals surface area (Å²) >= 11 is 3.47. The highest BCUT2D eigenvalue weighted by atomic mass is 79.9. The zero-order valence-corrected chi connectivity index (χ0v) is 17.9. The lowest BCUT2D eigenvalue weighted by Crippen LogP contribution is -2.26. The minimum absolute atomic E-state index is 0.0278. The third kappa shape index (κ3) is 3.97. The quantitative estimate of drug-likeness (QED) is 0.519. The average molecular weight is 458 g/mol. The van der Waals surface area contributed by atoms with E-state index in [9.17, 15) is 4.79 Å². The first-order valence-electron chi connectivity index (χ1n) is 9.83. The summed E-state index contributed by atoms with van der Waals surface area (Å²) < 4.78 is 2.42. The van der Waals surface area contributed by atoms with Gasteiger partial charge in [-0.1, -0.05) is 12.8 Å². The van der Waals surface area contributed by atoms with Crippen LogP contribution in [0.3, 0.4) is 0 Å². The molecule has 3 aromatic rings. The van der Waals surface area contributed by atoms with E-state index in [1.165, 1.54) is 0 Å². The normalized spacial score (nSPS) is 14.4. The number of aryl methyl sites for hydroxylation is 1. The summed E-state index contributed by atoms with van der Waals surface area (Å²) in [6.45, 7) is 3.16. The largest absolute Gasteiger partial charge is 0.383 e. The molecule has 0 atom stereocenters. The lowest BCUT2D eigenvalue weighted by Gasteiger charge is -2.18. The molecule has 1 saturated carbocycles. The van der Waals surface area contributed by atoms with Gasteiger partial charge in [-0.05, 0) is 53.4 Å². The lowest BCUT2D eigenvalue weighted by molar-refractivity contribution is 0.514. The maximum atomic E-state index is 13.0. The number of hydrogen-bond acceptors (Lipinski definition) is 7. The van der Waals surface area contributed by atoms with Gasteiger partial charge in [0, 0.05) is 30.7 Å². The zero-order valence-electron chi connectivity index (χ0n) is 16.3. The molecule has 0 amide bonds. The number of fused-ring (bicyclic) bond motifs is 1. The zero-order chi connectivity index (χ0) is 20.4. The van der Waals surface area contributed by atoms with Gasteiger partial charge in [0.15, 0.2) is 0 Å². The second kappa shape index (κ2) is 8.46. The van der Waals surface area contributed by atoms with E-state index in [1.54, 1.807) is 12.4 Å². The Labute approximate surface area is 177 Å². The number of nitrogens with two attached hydrogens (primary N) is 1. The van der Waals surface area contributed by atoms with Gasteiger partial charge < -0.3 is 16.4 Å². The molecule has 9 heteroatoms. The third-order valence-corrected chi connectivity index (χ3v) is 6.24. The number of aromatic nitrogens is 4. The van der Waals surface area contributed by atoms with Gasteiger partial charge in [-0.25, -0.2) is 9.97 Å². The van der Waals surface area contributed by atoms with Crippen LogP contribution in [-0.2, 0) is 0 Å². The molecule has 0 radical (unpaired) electrons. The van der Waals surface area contributed by atoms with Crippen molar-refractivity contribution in [2.45, 2.75) is 38.6 Å². The molecule has 0 spiro atoms. The van der Waals surface area contributed by atoms with Crippen LogP contribution in [0.1, 0.15) is 37.3 Å². The Kier molecular flexibility index (Phi) is 5.77. The molecule has 0 aliphatic heterocycles. The van der Waals surface area contributed by atoms with Crippen LogP contribution >= 0.6 is 15.9 Å². The molecule has 0 bridgehead atoms. The number of anilines is 3. The summed E-state index contributed by atoms with van der Waals surface area (Å²) in [6.07, 6.45) is 7.76. The van der Waals surface area contributed by atoms with Crippen LogP contribution < -0.4 is 21.9 Å². The van der Waals surface area contributed by atoms with E-state index >= 15 is 0 Å². The van der Waals surface area contributed by atoms with Gasteiger partial charge in [0.2, 0.25) is 5.95 Å². The molecule has 1 aliphatic rings. The van der Waals surface area contributed by atoms with Crippen molar-refractivity contribution < 1.29 is 0 Å². The van der Waals surface area contributed by atoms with Crippen LogP contribution in [0, 0.1) is 6.92 Å². The van der Waals surface area contributed by atoms with Crippen molar-refractivity contribution >= 4 is 44.4 Å². The molecule has 4 rings (SSSR count). The van der Waals surface area contributed by atoms with Crippen molar-refractivity contribution in [3.05, 3.63) is 44.9 Å². The van der Waals surface area contributed by atoms with Crippen molar-refractivity contribution in [1.82, 2.24) is 19.5 Å². The van der Waals surface area contributed by atoms with E-state index < -0.39 is 0 Å². The van der Waals surface area contributed by atoms with Gasteiger partial charge in [-0.15, -0.1) is 0 Å². The van der Waals surface area contributed by atoms with Crippen LogP contribution in [-0.4, -0.2) is 32.6 Å². The molecular weight excluding hydrogens is 434 g/mol. The van der Waals surface area contributed by atoms with Gasteiger partial charge >= 0.3 is 0 Å². The second-order valence-electron chi connectivity index (χ2n) is 7.26. The number of nitrogens with zero attached hydrogens (tertiary/aromatic N) is 4. The second-order valence-corrected chi connectivity index (χ2v) is 8.05. The summed E-state index contributed by atoms with van der Waals surface area (Å²) in [5.41, 5.74) is 7.90. The molecule has 29 heavy (non-hydrogen) atoms. The van der Waals surface area contributed by atoms with Crippen LogP contribution in [0.4, 0.5) is 17.5 Å². The predicted octanol–water partition coefficient (Wildman–Crippen LogP) is 3.49. The fourth-order valence-electron chi connectivity index (χ4n) is 3.77. The van der Waals surface area contributed by atoms with Crippen LogP contribution in [0.5, 0.6) is 0 Å². The van der Waals surface area contributed by atoms with Gasteiger partial charge in [0.05, 0.1) is 16.4 Å². The first-order chi connectivity index (χ1) is 14.1. The first kappa shape index (κ1) is 19.8. The van der Waals surface area contributed by atoms with E-state index in [-0.39, 0.29) is 11.6 Å². The number of pyridine rings is 2. The minimum Gasteiger partial charge on any atom is -0.383 e. The van der Waals surface area contributed by atoms with Gasteiger partial charge in [-0.3, -0.25) is 9.36 Å². The lowest BCUT2D eigenvalue weighted by atomic mass is 10.1. The summed E-state index contributed by atoms with van der Waals surface area (Å²) in [6, 6.07) is 3.95. The molecule has 0 aromatic carbocycles. The van der Waals surface area contributed by atoms with E-state index in [0.717, 1.165) is 42.3 Å². The van der Waals surface area contributed by atoms with E-state index in [2.05, 4.69) is 36.5 Å². The Balaban J connectivity index is 1.70. The van der Waals surface area contributed by atoms with E-state index in [4.69, 9.17) is 10.7 Å². The predicted molar refractivity (Wildman–Crippen MR) is 119 cm³/mol. The molecule has 152 valence electrons. The maximum Gasteiger partial charge on any atom is 0.267 e. The summed E-state index contributed by atoms with van der Waals surface area (Å²) in [5, 5.41) is 7.19. The minimum atomic E-state index is -0.0278. The van der Waals surface area contributed by atoms with E-state index in [0.29, 0.717) is 35.0 Å². The molecular formula is C20H24BrN7O. The Morgan fingerprint density at radius 3 is 2.72 bits per heavy atom. The fourth-order valence-corrected chi connectivity index (χ4v) is 4.17. The van der Waals surface area contributed by atoms with Crippen molar-refractivity contribution in [1.29, 1.82) is 0 Å². The topological polar surface area (TPSA) is 111 Å². The SMILES string of the molecule is Cc1c(Br)c(=O)n(C2CCCC2)c2nc(Nc3ccc(NCCN)cn3)ncc12. The Morgan fingerprint density at radius 1 is 1.24 bits per heavy atom. The smallest absolute Gasteiger partial charge is 0.267 e. The standard InChI is InChI=1S/C20H24BrN7O/c1-12-15-11-25-20(26-16-7-6-13(10-24-16)23-9-8-22)27-18(15)28(19(29)17(12)21)14-4-2-3-5-14/h6-7,10-11,14,23H,2-5,8-9,22H2,1H3,(H,24,25,26,27). The number of nitrogens with one attached hydrogen (secondary N) is 2. The van der Waals surface area contributed by atoms with Gasteiger partial charge in [0.1, 0.15) is 11.5 Å². The monoisotopic (exact) mass is 457 g/mol. The van der Waals surface area contributed by atoms with Crippen molar-refractivity contribution in [2.75, 3.05) is 23.7 Å². The molecule has 8 nitrogen and oxygen atoms in total. The van der Waals surface area contributed by atoms with E-state index in [1.807, 2.05) is 23.6 Å². The summed E-state index contributed by atoms with van der Waals surface area (Å²) in [4.78, 5) is 26.5. The molecule has 0 unspecified atom stereocenters. The maximum absolute atomic E-state index is 13.0. The Morgan fingerprint density at radius 2 is 2.03 bits per heavy atom. The number of halogens is 1. The summed E-state index contributed by atoms with van der Waals surface area (Å²) in [7, 11) is 0. The molecule has 3 heterocycles. The van der Waals surface area contributed by atoms with Crippen molar-refractivity contribution in [3.8, 4) is 0 Å². The number of hydrogen-bond donors (Lipinski definition) is 3. The highest BCUT2D eigenvalue weighted by molar-refractivity contribution is 9.10. The van der Waals surface area contributed by atoms with Crippen LogP contribution in [0.15, 0.2) is 33.8 Å². The van der Waals surface area contributed by atoms with Crippen LogP contribution in [0.25, 0.3) is 11.0 Å². The average Bonchev–Trinajstić information content (AvgIpc) is 3.26. The number of rotatable bonds is 6. The fraction of sp³-hybridized carbons (Fsp3) is 0.400. The molecule has 1 aliphatic carbocycles. The van der Waals surface area contributed by atoms with Crippen molar-refractivity contribution in [2.24, 2.45) is 5.73 Å². The molecule has 0 saturated heterocycles. The third-order valence-electron chi connectivity index (χ3n) is 5.30. The highest BCUT2D eigenvalue weighted by Gasteiger charge is 2.23. The van der Waals surface area contributed by atoms with Crippen LogP contribution in [0.2, 0.25) is 0 Å². The van der Waals surface area contributed by atoms with Gasteiger partial charge in [0.25, 0.3) is 5.56 Å². The highest BCUT2D eigenvalue weighted by Crippen LogP contribution is 2.32. The Hall–Kier alpha value is -2.52. The molecule has 3 aromatic heterocycles.